The number of benzene rings is 2. The van der Waals surface area contributed by atoms with E-state index in [0.29, 0.717) is 0 Å². The number of aromatic nitrogens is 2. The van der Waals surface area contributed by atoms with Crippen LogP contribution in [0.3, 0.4) is 0 Å². The third kappa shape index (κ3) is 1.66. The fourth-order valence-corrected chi connectivity index (χ4v) is 6.90. The molecule has 0 bridgehead atoms. The molecular weight excluding hydrogens is 364 g/mol. The molecule has 1 saturated carbocycles. The quantitative estimate of drug-likeness (QED) is 0.271. The maximum atomic E-state index is 4.70. The summed E-state index contributed by atoms with van der Waals surface area (Å²) in [7, 11) is 0. The van der Waals surface area contributed by atoms with E-state index in [2.05, 4.69) is 93.0 Å². The van der Waals surface area contributed by atoms with Crippen molar-refractivity contribution in [2.24, 2.45) is 0 Å². The Bertz CT molecular complexity index is 1430. The van der Waals surface area contributed by atoms with Crippen LogP contribution in [-0.4, -0.2) is 4.40 Å². The average molecular weight is 396 g/mol. The number of hydrogen-bond donors (Lipinski definition) is 0. The van der Waals surface area contributed by atoms with Crippen molar-refractivity contribution in [3.05, 3.63) is 71.4 Å². The van der Waals surface area contributed by atoms with E-state index in [9.17, 15) is 0 Å². The minimum atomic E-state index is -0.0260. The fourth-order valence-electron chi connectivity index (χ4n) is 6.90. The zero-order valence-electron chi connectivity index (χ0n) is 19.1. The van der Waals surface area contributed by atoms with E-state index in [1.165, 1.54) is 49.8 Å². The van der Waals surface area contributed by atoms with Gasteiger partial charge in [-0.3, -0.25) is 0 Å². The first-order valence-electron chi connectivity index (χ1n) is 11.4. The second kappa shape index (κ2) is 5.17. The van der Waals surface area contributed by atoms with Crippen LogP contribution in [0.15, 0.2) is 54.6 Å². The number of rotatable bonds is 2. The Morgan fingerprint density at radius 3 is 2.47 bits per heavy atom. The Labute approximate surface area is 178 Å². The molecule has 2 aliphatic rings. The van der Waals surface area contributed by atoms with E-state index in [-0.39, 0.29) is 16.4 Å². The Balaban J connectivity index is 2.00. The van der Waals surface area contributed by atoms with Crippen LogP contribution >= 0.6 is 0 Å². The second-order valence-corrected chi connectivity index (χ2v) is 10.5. The van der Waals surface area contributed by atoms with Gasteiger partial charge in [-0.2, -0.15) is 4.40 Å². The number of aryl methyl sites for hydroxylation is 1. The molecule has 4 aromatic rings. The summed E-state index contributed by atoms with van der Waals surface area (Å²) >= 11 is 0. The first-order valence-corrected chi connectivity index (χ1v) is 11.4. The van der Waals surface area contributed by atoms with Gasteiger partial charge in [-0.1, -0.05) is 65.5 Å². The highest BCUT2D eigenvalue weighted by Crippen LogP contribution is 2.71. The number of hydrogen-bond acceptors (Lipinski definition) is 0. The van der Waals surface area contributed by atoms with Gasteiger partial charge >= 0.3 is 0 Å². The van der Waals surface area contributed by atoms with E-state index in [1.54, 1.807) is 0 Å². The molecule has 6 rings (SSSR count). The highest BCUT2D eigenvalue weighted by Gasteiger charge is 2.77. The number of fused-ring (bicyclic) bond motifs is 6. The van der Waals surface area contributed by atoms with Crippen molar-refractivity contribution < 1.29 is 4.57 Å². The molecule has 152 valence electrons. The molecule has 30 heavy (non-hydrogen) atoms. The molecule has 2 heteroatoms. The zero-order chi connectivity index (χ0) is 21.2. The molecule has 0 N–H and O–H groups in total. The molecule has 0 radical (unpaired) electrons. The summed E-state index contributed by atoms with van der Waals surface area (Å²) in [5.41, 5.74) is 9.64. The third-order valence-corrected chi connectivity index (χ3v) is 8.20. The standard InChI is InChI=1S/C28H31N2/c1-8-27-18(4)28(27,9-2)30-21-14-13-17(3)15-22(21)29-23(26(5,6)7)16-19-11-10-12-20(27)24(19)25(29)30/h10-16H,4,8-9H2,1-3,5-7H3/q+1. The predicted octanol–water partition coefficient (Wildman–Crippen LogP) is 6.48. The first kappa shape index (κ1) is 18.2. The molecule has 3 heterocycles. The van der Waals surface area contributed by atoms with Crippen molar-refractivity contribution in [1.29, 1.82) is 0 Å². The molecular formula is C28H31N2+. The Kier molecular flexibility index (Phi) is 3.13. The summed E-state index contributed by atoms with van der Waals surface area (Å²) in [6.45, 7) is 18.6. The van der Waals surface area contributed by atoms with Crippen molar-refractivity contribution in [1.82, 2.24) is 4.40 Å². The lowest BCUT2D eigenvalue weighted by Gasteiger charge is -2.28. The van der Waals surface area contributed by atoms with Gasteiger partial charge in [-0.25, -0.2) is 4.57 Å². The first-order chi connectivity index (χ1) is 14.2. The topological polar surface area (TPSA) is 8.29 Å². The molecule has 0 saturated heterocycles. The summed E-state index contributed by atoms with van der Waals surface area (Å²) < 4.78 is 5.24. The van der Waals surface area contributed by atoms with Gasteiger partial charge in [0.15, 0.2) is 11.0 Å². The monoisotopic (exact) mass is 395 g/mol. The van der Waals surface area contributed by atoms with Gasteiger partial charge in [0.25, 0.3) is 5.65 Å². The molecule has 2 nitrogen and oxygen atoms in total. The van der Waals surface area contributed by atoms with Gasteiger partial charge in [0.05, 0.1) is 10.8 Å². The van der Waals surface area contributed by atoms with Gasteiger partial charge in [0.2, 0.25) is 0 Å². The van der Waals surface area contributed by atoms with Crippen LogP contribution in [0.2, 0.25) is 0 Å². The molecule has 1 aliphatic carbocycles. The average Bonchev–Trinajstić information content (AvgIpc) is 3.10. The lowest BCUT2D eigenvalue weighted by molar-refractivity contribution is -0.693. The Morgan fingerprint density at radius 2 is 1.80 bits per heavy atom. The Hall–Kier alpha value is -2.61. The van der Waals surface area contributed by atoms with E-state index in [1.807, 2.05) is 0 Å². The minimum absolute atomic E-state index is 0.0260. The van der Waals surface area contributed by atoms with E-state index in [0.717, 1.165) is 12.8 Å². The van der Waals surface area contributed by atoms with Crippen LogP contribution in [0.5, 0.6) is 0 Å². The van der Waals surface area contributed by atoms with Crippen LogP contribution < -0.4 is 4.57 Å². The SMILES string of the molecule is C=C1C2(CC)c3cccc4cc(C(C)(C)C)n5c6cc(C)ccc6[n+](c5c34)C12CC. The molecule has 2 aromatic heterocycles. The van der Waals surface area contributed by atoms with Crippen LogP contribution in [0, 0.1) is 6.92 Å². The van der Waals surface area contributed by atoms with Crippen molar-refractivity contribution >= 4 is 27.5 Å². The highest BCUT2D eigenvalue weighted by molar-refractivity contribution is 6.02. The normalized spacial score (nSPS) is 24.9. The highest BCUT2D eigenvalue weighted by atomic mass is 15.2. The van der Waals surface area contributed by atoms with Crippen LogP contribution in [-0.2, 0) is 16.4 Å². The molecule has 0 amide bonds. The molecule has 2 atom stereocenters. The molecule has 1 aliphatic heterocycles. The fraction of sp³-hybridized carbons (Fsp3) is 0.393. The number of imidazole rings is 1. The van der Waals surface area contributed by atoms with Gasteiger partial charge in [0, 0.05) is 5.41 Å². The molecule has 1 fully saturated rings. The second-order valence-electron chi connectivity index (χ2n) is 10.5. The third-order valence-electron chi connectivity index (χ3n) is 8.20. The lowest BCUT2D eigenvalue weighted by Crippen LogP contribution is -2.53. The minimum Gasteiger partial charge on any atom is -0.212 e. The largest absolute Gasteiger partial charge is 0.296 e. The smallest absolute Gasteiger partial charge is 0.212 e. The van der Waals surface area contributed by atoms with Crippen molar-refractivity contribution in [2.75, 3.05) is 0 Å². The van der Waals surface area contributed by atoms with Crippen LogP contribution in [0.25, 0.3) is 27.5 Å². The van der Waals surface area contributed by atoms with Gasteiger partial charge in [-0.05, 0) is 60.1 Å². The maximum Gasteiger partial charge on any atom is 0.296 e. The number of allylic oxidation sites excluding steroid dienone is 1. The summed E-state index contributed by atoms with van der Waals surface area (Å²) in [6, 6.07) is 16.3. The summed E-state index contributed by atoms with van der Waals surface area (Å²) in [5, 5.41) is 2.78. The predicted molar refractivity (Wildman–Crippen MR) is 125 cm³/mol. The van der Waals surface area contributed by atoms with Crippen molar-refractivity contribution in [2.45, 2.75) is 70.8 Å². The Morgan fingerprint density at radius 1 is 1.03 bits per heavy atom. The maximum absolute atomic E-state index is 4.70. The van der Waals surface area contributed by atoms with Crippen LogP contribution in [0.4, 0.5) is 0 Å². The van der Waals surface area contributed by atoms with Crippen molar-refractivity contribution in [3.63, 3.8) is 0 Å². The van der Waals surface area contributed by atoms with Crippen LogP contribution in [0.1, 0.15) is 64.3 Å². The van der Waals surface area contributed by atoms with Crippen molar-refractivity contribution in [3.8, 4) is 0 Å². The van der Waals surface area contributed by atoms with E-state index >= 15 is 0 Å². The number of nitrogens with zero attached hydrogens (tertiary/aromatic N) is 2. The van der Waals surface area contributed by atoms with E-state index < -0.39 is 0 Å². The van der Waals surface area contributed by atoms with E-state index in [4.69, 9.17) is 6.58 Å². The van der Waals surface area contributed by atoms with Gasteiger partial charge in [-0.15, -0.1) is 0 Å². The summed E-state index contributed by atoms with van der Waals surface area (Å²) in [5.74, 6) is 0. The lowest BCUT2D eigenvalue weighted by atomic mass is 9.81. The molecule has 2 unspecified atom stereocenters. The molecule has 2 aromatic carbocycles. The number of pyridine rings is 1. The van der Waals surface area contributed by atoms with Gasteiger partial charge in [0.1, 0.15) is 11.2 Å². The summed E-state index contributed by atoms with van der Waals surface area (Å²) in [6.07, 6.45) is 2.17. The summed E-state index contributed by atoms with van der Waals surface area (Å²) in [4.78, 5) is 0. The molecule has 0 spiro atoms. The van der Waals surface area contributed by atoms with Gasteiger partial charge < -0.3 is 0 Å². The zero-order valence-corrected chi connectivity index (χ0v) is 19.1.